The molecule has 0 aliphatic rings. The fraction of sp³-hybridized carbons (Fsp3) is 0.400. The number of thioether (sulfide) groups is 1. The highest BCUT2D eigenvalue weighted by Gasteiger charge is 2.19. The molecule has 0 unspecified atom stereocenters. The molecular formula is C10H13N5O3S. The van der Waals surface area contributed by atoms with Gasteiger partial charge in [-0.25, -0.2) is 4.98 Å². The zero-order valence-electron chi connectivity index (χ0n) is 10.5. The number of primary amides is 1. The van der Waals surface area contributed by atoms with Crippen LogP contribution in [0.1, 0.15) is 5.69 Å². The number of hydrogen-bond acceptors (Lipinski definition) is 5. The van der Waals surface area contributed by atoms with Crippen LogP contribution in [0.4, 0.5) is 0 Å². The Balaban J connectivity index is 2.52. The maximum absolute atomic E-state index is 11.1. The van der Waals surface area contributed by atoms with E-state index in [1.807, 2.05) is 0 Å². The van der Waals surface area contributed by atoms with E-state index in [1.54, 1.807) is 23.2 Å². The molecule has 2 aromatic rings. The van der Waals surface area contributed by atoms with E-state index in [2.05, 4.69) is 10.1 Å². The summed E-state index contributed by atoms with van der Waals surface area (Å²) in [6, 6.07) is 0. The minimum Gasteiger partial charge on any atom is -0.481 e. The van der Waals surface area contributed by atoms with Crippen LogP contribution in [-0.2, 0) is 23.2 Å². The van der Waals surface area contributed by atoms with Gasteiger partial charge in [-0.15, -0.1) is 0 Å². The van der Waals surface area contributed by atoms with Crippen LogP contribution in [0.3, 0.4) is 0 Å². The van der Waals surface area contributed by atoms with E-state index in [9.17, 15) is 9.59 Å². The molecule has 2 aromatic heterocycles. The third-order valence-corrected chi connectivity index (χ3v) is 3.45. The van der Waals surface area contributed by atoms with Crippen molar-refractivity contribution in [2.45, 2.75) is 18.6 Å². The van der Waals surface area contributed by atoms with Crippen LogP contribution in [0.25, 0.3) is 11.2 Å². The molecule has 2 rings (SSSR count). The summed E-state index contributed by atoms with van der Waals surface area (Å²) in [6.07, 6.45) is 0. The van der Waals surface area contributed by atoms with Gasteiger partial charge in [0.15, 0.2) is 10.8 Å². The highest BCUT2D eigenvalue weighted by atomic mass is 32.2. The first-order valence-electron chi connectivity index (χ1n) is 5.43. The van der Waals surface area contributed by atoms with Gasteiger partial charge in [0.05, 0.1) is 11.4 Å². The van der Waals surface area contributed by atoms with Crippen molar-refractivity contribution in [3.8, 4) is 0 Å². The maximum Gasteiger partial charge on any atom is 0.313 e. The lowest BCUT2D eigenvalue weighted by Gasteiger charge is -2.05. The van der Waals surface area contributed by atoms with E-state index in [-0.39, 0.29) is 12.3 Å². The third-order valence-electron chi connectivity index (χ3n) is 2.49. The monoisotopic (exact) mass is 283 g/mol. The Morgan fingerprint density at radius 2 is 2.16 bits per heavy atom. The van der Waals surface area contributed by atoms with E-state index in [1.165, 1.54) is 0 Å². The number of fused-ring (bicyclic) bond motifs is 1. The Hall–Kier alpha value is -2.03. The summed E-state index contributed by atoms with van der Waals surface area (Å²) in [6.45, 7) is 1.74. The van der Waals surface area contributed by atoms with Gasteiger partial charge in [0, 0.05) is 7.05 Å². The van der Waals surface area contributed by atoms with Crippen molar-refractivity contribution in [2.24, 2.45) is 12.8 Å². The molecule has 0 aliphatic carbocycles. The summed E-state index contributed by atoms with van der Waals surface area (Å²) in [5.41, 5.74) is 7.24. The van der Waals surface area contributed by atoms with Gasteiger partial charge in [-0.05, 0) is 6.92 Å². The van der Waals surface area contributed by atoms with Crippen LogP contribution in [0.5, 0.6) is 0 Å². The second kappa shape index (κ2) is 4.92. The van der Waals surface area contributed by atoms with E-state index < -0.39 is 11.9 Å². The predicted molar refractivity (Wildman–Crippen MR) is 68.8 cm³/mol. The molecule has 19 heavy (non-hydrogen) atoms. The minimum atomic E-state index is -0.947. The predicted octanol–water partition coefficient (Wildman–Crippen LogP) is -0.260. The number of carbonyl (C=O) groups excluding carboxylic acids is 1. The fourth-order valence-electron chi connectivity index (χ4n) is 1.85. The van der Waals surface area contributed by atoms with Gasteiger partial charge >= 0.3 is 5.97 Å². The Kier molecular flexibility index (Phi) is 3.47. The van der Waals surface area contributed by atoms with Crippen molar-refractivity contribution in [2.75, 3.05) is 5.75 Å². The minimum absolute atomic E-state index is 0.0581. The molecule has 1 amide bonds. The molecular weight excluding hydrogens is 270 g/mol. The standard InChI is InChI=1S/C10H13N5O3S/c1-5-8-9(14(2)13-5)15(3-6(11)16)10(12-8)19-4-7(17)18/h3-4H2,1-2H3,(H2,11,16)(H,17,18). The molecule has 9 heteroatoms. The second-order valence-corrected chi connectivity index (χ2v) is 4.95. The van der Waals surface area contributed by atoms with Crippen molar-refractivity contribution in [1.82, 2.24) is 19.3 Å². The number of carboxylic acid groups (broad SMARTS) is 1. The van der Waals surface area contributed by atoms with E-state index >= 15 is 0 Å². The van der Waals surface area contributed by atoms with Gasteiger partial charge in [-0.1, -0.05) is 11.8 Å². The largest absolute Gasteiger partial charge is 0.481 e. The number of carbonyl (C=O) groups is 2. The zero-order valence-corrected chi connectivity index (χ0v) is 11.3. The molecule has 0 aliphatic heterocycles. The van der Waals surface area contributed by atoms with Gasteiger partial charge in [0.1, 0.15) is 12.1 Å². The number of carboxylic acids is 1. The summed E-state index contributed by atoms with van der Waals surface area (Å²) in [4.78, 5) is 26.1. The Bertz CT molecular complexity index is 660. The number of hydrogen-bond donors (Lipinski definition) is 2. The van der Waals surface area contributed by atoms with Gasteiger partial charge in [0.2, 0.25) is 5.91 Å². The molecule has 0 saturated carbocycles. The number of amides is 1. The number of nitrogens with two attached hydrogens (primary N) is 1. The van der Waals surface area contributed by atoms with Gasteiger partial charge < -0.3 is 10.8 Å². The van der Waals surface area contributed by atoms with E-state index in [4.69, 9.17) is 10.8 Å². The van der Waals surface area contributed by atoms with Crippen LogP contribution in [0.15, 0.2) is 5.16 Å². The van der Waals surface area contributed by atoms with Crippen molar-refractivity contribution >= 4 is 34.8 Å². The maximum atomic E-state index is 11.1. The molecule has 0 radical (unpaired) electrons. The molecule has 0 saturated heterocycles. The number of aryl methyl sites for hydroxylation is 2. The smallest absolute Gasteiger partial charge is 0.313 e. The Morgan fingerprint density at radius 3 is 2.74 bits per heavy atom. The van der Waals surface area contributed by atoms with Crippen molar-refractivity contribution in [3.63, 3.8) is 0 Å². The quantitative estimate of drug-likeness (QED) is 0.730. The van der Waals surface area contributed by atoms with Crippen LogP contribution in [0.2, 0.25) is 0 Å². The molecule has 0 spiro atoms. The molecule has 2 heterocycles. The van der Waals surface area contributed by atoms with Crippen LogP contribution in [-0.4, -0.2) is 42.1 Å². The SMILES string of the molecule is Cc1nn(C)c2c1nc(SCC(=O)O)n2CC(N)=O. The highest BCUT2D eigenvalue weighted by Crippen LogP contribution is 2.25. The summed E-state index contributed by atoms with van der Waals surface area (Å²) in [5, 5.41) is 13.4. The molecule has 0 aromatic carbocycles. The van der Waals surface area contributed by atoms with Gasteiger partial charge in [-0.3, -0.25) is 18.8 Å². The number of aliphatic carboxylic acids is 1. The lowest BCUT2D eigenvalue weighted by atomic mass is 10.4. The lowest BCUT2D eigenvalue weighted by molar-refractivity contribution is -0.133. The highest BCUT2D eigenvalue weighted by molar-refractivity contribution is 7.99. The normalized spacial score (nSPS) is 11.1. The van der Waals surface area contributed by atoms with Crippen molar-refractivity contribution in [1.29, 1.82) is 0 Å². The number of aromatic nitrogens is 4. The Labute approximate surface area is 112 Å². The fourth-order valence-corrected chi connectivity index (χ4v) is 2.56. The van der Waals surface area contributed by atoms with Crippen LogP contribution >= 0.6 is 11.8 Å². The lowest BCUT2D eigenvalue weighted by Crippen LogP contribution is -2.20. The summed E-state index contributed by atoms with van der Waals surface area (Å²) < 4.78 is 3.19. The summed E-state index contributed by atoms with van der Waals surface area (Å²) in [5.74, 6) is -1.60. The first-order valence-corrected chi connectivity index (χ1v) is 6.41. The topological polar surface area (TPSA) is 116 Å². The molecule has 0 atom stereocenters. The summed E-state index contributed by atoms with van der Waals surface area (Å²) >= 11 is 1.05. The summed E-state index contributed by atoms with van der Waals surface area (Å²) in [7, 11) is 1.74. The van der Waals surface area contributed by atoms with Crippen LogP contribution in [0, 0.1) is 6.92 Å². The average molecular weight is 283 g/mol. The Morgan fingerprint density at radius 1 is 1.47 bits per heavy atom. The van der Waals surface area contributed by atoms with Crippen molar-refractivity contribution < 1.29 is 14.7 Å². The molecule has 102 valence electrons. The first-order chi connectivity index (χ1) is 8.90. The van der Waals surface area contributed by atoms with Crippen molar-refractivity contribution in [3.05, 3.63) is 5.69 Å². The second-order valence-electron chi connectivity index (χ2n) is 4.01. The molecule has 3 N–H and O–H groups in total. The number of rotatable bonds is 5. The van der Waals surface area contributed by atoms with Gasteiger partial charge in [-0.2, -0.15) is 5.10 Å². The third kappa shape index (κ3) is 2.55. The van der Waals surface area contributed by atoms with Crippen LogP contribution < -0.4 is 5.73 Å². The molecule has 0 fully saturated rings. The molecule has 0 bridgehead atoms. The van der Waals surface area contributed by atoms with E-state index in [0.29, 0.717) is 16.3 Å². The molecule has 8 nitrogen and oxygen atoms in total. The number of imidazole rings is 1. The number of nitrogens with zero attached hydrogens (tertiary/aromatic N) is 4. The zero-order chi connectivity index (χ0) is 14.2. The first kappa shape index (κ1) is 13.4. The average Bonchev–Trinajstić information content (AvgIpc) is 2.76. The van der Waals surface area contributed by atoms with E-state index in [0.717, 1.165) is 17.5 Å². The van der Waals surface area contributed by atoms with Gasteiger partial charge in [0.25, 0.3) is 0 Å².